The number of amides is 1. The summed E-state index contributed by atoms with van der Waals surface area (Å²) in [5, 5.41) is 4.29. The Balaban J connectivity index is 2.13. The minimum Gasteiger partial charge on any atom is -0.465 e. The number of rotatable bonds is 3. The van der Waals surface area contributed by atoms with Crippen molar-refractivity contribution in [2.24, 2.45) is 7.05 Å². The van der Waals surface area contributed by atoms with Gasteiger partial charge in [0.2, 0.25) is 5.88 Å². The first-order valence-electron chi connectivity index (χ1n) is 7.31. The minimum absolute atomic E-state index is 0.191. The number of hydrogen-bond donors (Lipinski definition) is 0. The van der Waals surface area contributed by atoms with Crippen LogP contribution in [0.3, 0.4) is 0 Å². The van der Waals surface area contributed by atoms with Crippen LogP contribution in [-0.4, -0.2) is 34.8 Å². The molecule has 0 unspecified atom stereocenters. The van der Waals surface area contributed by atoms with Crippen molar-refractivity contribution in [1.82, 2.24) is 9.78 Å². The highest BCUT2D eigenvalue weighted by Gasteiger charge is 2.33. The van der Waals surface area contributed by atoms with E-state index in [0.717, 1.165) is 0 Å². The lowest BCUT2D eigenvalue weighted by molar-refractivity contribution is -0.141. The summed E-state index contributed by atoms with van der Waals surface area (Å²) in [6, 6.07) is 6.93. The van der Waals surface area contributed by atoms with E-state index in [4.69, 9.17) is 9.47 Å². The van der Waals surface area contributed by atoms with E-state index in [1.807, 2.05) is 0 Å². The van der Waals surface area contributed by atoms with Crippen molar-refractivity contribution in [2.45, 2.75) is 13.8 Å². The van der Waals surface area contributed by atoms with Gasteiger partial charge in [0.05, 0.1) is 17.9 Å². The van der Waals surface area contributed by atoms with Crippen LogP contribution in [0.1, 0.15) is 23.0 Å². The number of esters is 1. The number of benzene rings is 1. The van der Waals surface area contributed by atoms with Gasteiger partial charge >= 0.3 is 5.97 Å². The molecule has 0 fully saturated rings. The van der Waals surface area contributed by atoms with E-state index in [9.17, 15) is 9.59 Å². The van der Waals surface area contributed by atoms with Crippen molar-refractivity contribution < 1.29 is 19.1 Å². The maximum atomic E-state index is 12.9. The second-order valence-electron chi connectivity index (χ2n) is 5.16. The number of anilines is 1. The number of aromatic nitrogens is 2. The van der Waals surface area contributed by atoms with E-state index >= 15 is 0 Å². The molecule has 2 heterocycles. The van der Waals surface area contributed by atoms with Crippen LogP contribution in [0.15, 0.2) is 24.3 Å². The van der Waals surface area contributed by atoms with Crippen molar-refractivity contribution in [3.05, 3.63) is 35.5 Å². The fourth-order valence-corrected chi connectivity index (χ4v) is 2.62. The molecule has 7 heteroatoms. The van der Waals surface area contributed by atoms with Crippen LogP contribution < -0.4 is 9.64 Å². The van der Waals surface area contributed by atoms with Gasteiger partial charge in [-0.2, -0.15) is 5.10 Å². The average molecular weight is 315 g/mol. The second-order valence-corrected chi connectivity index (χ2v) is 5.16. The molecule has 1 amide bonds. The first-order valence-corrected chi connectivity index (χ1v) is 7.31. The van der Waals surface area contributed by atoms with E-state index < -0.39 is 5.97 Å². The van der Waals surface area contributed by atoms with Crippen molar-refractivity contribution in [1.29, 1.82) is 0 Å². The molecule has 0 bridgehead atoms. The van der Waals surface area contributed by atoms with Gasteiger partial charge in [-0.1, -0.05) is 12.1 Å². The first-order chi connectivity index (χ1) is 11.0. The Bertz CT molecular complexity index is 782. The van der Waals surface area contributed by atoms with Crippen molar-refractivity contribution >= 4 is 17.6 Å². The molecule has 1 aliphatic rings. The molecule has 23 heavy (non-hydrogen) atoms. The van der Waals surface area contributed by atoms with Gasteiger partial charge in [-0.05, 0) is 26.0 Å². The molecule has 1 aromatic carbocycles. The molecule has 0 aliphatic carbocycles. The highest BCUT2D eigenvalue weighted by Crippen LogP contribution is 2.40. The predicted octanol–water partition coefficient (Wildman–Crippen LogP) is 2.04. The van der Waals surface area contributed by atoms with Gasteiger partial charge in [0.25, 0.3) is 5.91 Å². The summed E-state index contributed by atoms with van der Waals surface area (Å²) in [5.41, 5.74) is 1.49. The Hall–Kier alpha value is -2.83. The largest absolute Gasteiger partial charge is 0.465 e. The topological polar surface area (TPSA) is 73.7 Å². The molecule has 7 nitrogen and oxygen atoms in total. The van der Waals surface area contributed by atoms with Crippen molar-refractivity contribution in [3.63, 3.8) is 0 Å². The van der Waals surface area contributed by atoms with Crippen molar-refractivity contribution in [3.8, 4) is 11.6 Å². The monoisotopic (exact) mass is 315 g/mol. The molecule has 1 aliphatic heterocycles. The van der Waals surface area contributed by atoms with Crippen LogP contribution in [-0.2, 0) is 16.6 Å². The summed E-state index contributed by atoms with van der Waals surface area (Å²) < 4.78 is 12.4. The summed E-state index contributed by atoms with van der Waals surface area (Å²) in [4.78, 5) is 26.2. The maximum Gasteiger partial charge on any atom is 0.326 e. The highest BCUT2D eigenvalue weighted by molar-refractivity contribution is 6.11. The summed E-state index contributed by atoms with van der Waals surface area (Å²) >= 11 is 0. The molecule has 0 N–H and O–H groups in total. The standard InChI is InChI=1S/C16H17N3O4/c1-4-22-13(20)9-19-14-10(2)17-18(3)16(14)23-12-8-6-5-7-11(12)15(19)21/h5-8H,4,9H2,1-3H3. The van der Waals surface area contributed by atoms with Crippen molar-refractivity contribution in [2.75, 3.05) is 18.1 Å². The first kappa shape index (κ1) is 15.1. The number of ether oxygens (including phenoxy) is 2. The summed E-state index contributed by atoms with van der Waals surface area (Å²) in [6.07, 6.45) is 0. The van der Waals surface area contributed by atoms with Crippen LogP contribution in [0.25, 0.3) is 0 Å². The van der Waals surface area contributed by atoms with E-state index in [2.05, 4.69) is 5.10 Å². The SMILES string of the molecule is CCOC(=O)CN1C(=O)c2ccccc2Oc2c1c(C)nn2C. The Kier molecular flexibility index (Phi) is 3.77. The zero-order valence-electron chi connectivity index (χ0n) is 13.2. The second kappa shape index (κ2) is 5.75. The molecule has 120 valence electrons. The summed E-state index contributed by atoms with van der Waals surface area (Å²) in [6.45, 7) is 3.56. The number of fused-ring (bicyclic) bond motifs is 2. The van der Waals surface area contributed by atoms with Gasteiger partial charge in [-0.3, -0.25) is 14.5 Å². The van der Waals surface area contributed by atoms with Crippen LogP contribution in [0.5, 0.6) is 11.6 Å². The van der Waals surface area contributed by atoms with Gasteiger partial charge in [-0.15, -0.1) is 0 Å². The zero-order chi connectivity index (χ0) is 16.6. The fraction of sp³-hybridized carbons (Fsp3) is 0.312. The molecule has 0 saturated heterocycles. The van der Waals surface area contributed by atoms with E-state index in [1.165, 1.54) is 4.90 Å². The number of carbonyl (C=O) groups excluding carboxylic acids is 2. The van der Waals surface area contributed by atoms with Crippen LogP contribution in [0, 0.1) is 6.92 Å². The molecule has 0 saturated carbocycles. The van der Waals surface area contributed by atoms with Crippen LogP contribution in [0.2, 0.25) is 0 Å². The molecule has 1 aromatic heterocycles. The molecule has 3 rings (SSSR count). The minimum atomic E-state index is -0.477. The molecule has 0 radical (unpaired) electrons. The fourth-order valence-electron chi connectivity index (χ4n) is 2.62. The van der Waals surface area contributed by atoms with Gasteiger partial charge in [0, 0.05) is 7.05 Å². The van der Waals surface area contributed by atoms with E-state index in [1.54, 1.807) is 49.8 Å². The quantitative estimate of drug-likeness (QED) is 0.810. The zero-order valence-corrected chi connectivity index (χ0v) is 13.2. The Labute approximate surface area is 133 Å². The third-order valence-corrected chi connectivity index (χ3v) is 3.57. The number of nitrogens with zero attached hydrogens (tertiary/aromatic N) is 3. The third-order valence-electron chi connectivity index (χ3n) is 3.57. The Morgan fingerprint density at radius 2 is 2.09 bits per heavy atom. The predicted molar refractivity (Wildman–Crippen MR) is 82.8 cm³/mol. The number of hydrogen-bond acceptors (Lipinski definition) is 5. The number of carbonyl (C=O) groups is 2. The van der Waals surface area contributed by atoms with E-state index in [-0.39, 0.29) is 19.1 Å². The summed E-state index contributed by atoms with van der Waals surface area (Å²) in [5.74, 6) is 0.0659. The lowest BCUT2D eigenvalue weighted by atomic mass is 10.1. The molecular weight excluding hydrogens is 298 g/mol. The molecule has 0 atom stereocenters. The van der Waals surface area contributed by atoms with Gasteiger partial charge in [0.1, 0.15) is 18.0 Å². The smallest absolute Gasteiger partial charge is 0.326 e. The van der Waals surface area contributed by atoms with Crippen LogP contribution in [0.4, 0.5) is 5.69 Å². The van der Waals surface area contributed by atoms with Gasteiger partial charge in [0.15, 0.2) is 0 Å². The molecule has 2 aromatic rings. The maximum absolute atomic E-state index is 12.9. The summed E-state index contributed by atoms with van der Waals surface area (Å²) in [7, 11) is 1.73. The Morgan fingerprint density at radius 1 is 1.35 bits per heavy atom. The highest BCUT2D eigenvalue weighted by atomic mass is 16.5. The lowest BCUT2D eigenvalue weighted by Crippen LogP contribution is -2.36. The van der Waals surface area contributed by atoms with Gasteiger partial charge in [-0.25, -0.2) is 4.68 Å². The normalized spacial score (nSPS) is 13.0. The third kappa shape index (κ3) is 2.54. The molecule has 0 spiro atoms. The van der Waals surface area contributed by atoms with Gasteiger partial charge < -0.3 is 9.47 Å². The average Bonchev–Trinajstić information content (AvgIpc) is 2.72. The molecular formula is C16H17N3O4. The van der Waals surface area contributed by atoms with Crippen LogP contribution >= 0.6 is 0 Å². The van der Waals surface area contributed by atoms with E-state index in [0.29, 0.717) is 28.6 Å². The lowest BCUT2D eigenvalue weighted by Gasteiger charge is -2.19. The Morgan fingerprint density at radius 3 is 2.83 bits per heavy atom. The number of para-hydroxylation sites is 1. The number of aryl methyl sites for hydroxylation is 2.